The molecule has 2 aromatic heterocycles. The molecule has 0 spiro atoms. The van der Waals surface area contributed by atoms with Crippen molar-refractivity contribution < 1.29 is 18.3 Å². The average Bonchev–Trinajstić information content (AvgIpc) is 3.01. The highest BCUT2D eigenvalue weighted by atomic mass is 32.2. The third kappa shape index (κ3) is 2.78. The van der Waals surface area contributed by atoms with Gasteiger partial charge in [0.2, 0.25) is 0 Å². The van der Waals surface area contributed by atoms with Crippen molar-refractivity contribution >= 4 is 43.2 Å². The molecule has 0 bridgehead atoms. The standard InChI is InChI=1S/C15H12N2O4S2/c1-17(11-4-2-10(3-5-11)15(18)19)23(20,21)12-8-14-13(16-9-12)6-7-22-14/h2-9H,1H3,(H,18,19). The van der Waals surface area contributed by atoms with E-state index < -0.39 is 16.0 Å². The summed E-state index contributed by atoms with van der Waals surface area (Å²) in [7, 11) is -2.34. The van der Waals surface area contributed by atoms with E-state index in [4.69, 9.17) is 5.11 Å². The van der Waals surface area contributed by atoms with Crippen LogP contribution in [-0.2, 0) is 10.0 Å². The molecule has 0 amide bonds. The summed E-state index contributed by atoms with van der Waals surface area (Å²) < 4.78 is 27.3. The number of anilines is 1. The van der Waals surface area contributed by atoms with Gasteiger partial charge in [-0.25, -0.2) is 13.2 Å². The maximum absolute atomic E-state index is 12.7. The van der Waals surface area contributed by atoms with Gasteiger partial charge >= 0.3 is 5.97 Å². The first-order valence-corrected chi connectivity index (χ1v) is 8.87. The fourth-order valence-corrected chi connectivity index (χ4v) is 4.10. The van der Waals surface area contributed by atoms with Crippen LogP contribution in [-0.4, -0.2) is 31.5 Å². The summed E-state index contributed by atoms with van der Waals surface area (Å²) in [4.78, 5) is 15.1. The van der Waals surface area contributed by atoms with Crippen LogP contribution in [0.3, 0.4) is 0 Å². The first-order chi connectivity index (χ1) is 10.9. The second-order valence-electron chi connectivity index (χ2n) is 4.80. The van der Waals surface area contributed by atoms with Crippen LogP contribution in [0, 0.1) is 0 Å². The molecule has 0 atom stereocenters. The third-order valence-electron chi connectivity index (χ3n) is 3.41. The average molecular weight is 348 g/mol. The molecular weight excluding hydrogens is 336 g/mol. The molecule has 0 radical (unpaired) electrons. The van der Waals surface area contributed by atoms with Gasteiger partial charge in [-0.15, -0.1) is 11.3 Å². The molecule has 23 heavy (non-hydrogen) atoms. The number of benzene rings is 1. The van der Waals surface area contributed by atoms with Gasteiger partial charge in [0, 0.05) is 13.2 Å². The molecule has 6 nitrogen and oxygen atoms in total. The van der Waals surface area contributed by atoms with Crippen LogP contribution in [0.5, 0.6) is 0 Å². The summed E-state index contributed by atoms with van der Waals surface area (Å²) in [6.45, 7) is 0. The number of hydrogen-bond acceptors (Lipinski definition) is 5. The second-order valence-corrected chi connectivity index (χ2v) is 7.72. The van der Waals surface area contributed by atoms with Gasteiger partial charge in [-0.2, -0.15) is 0 Å². The molecule has 1 aromatic carbocycles. The summed E-state index contributed by atoms with van der Waals surface area (Å²) in [5, 5.41) is 10.7. The lowest BCUT2D eigenvalue weighted by Crippen LogP contribution is -2.26. The molecule has 8 heteroatoms. The SMILES string of the molecule is CN(c1ccc(C(=O)O)cc1)S(=O)(=O)c1cnc2ccsc2c1. The smallest absolute Gasteiger partial charge is 0.335 e. The first-order valence-electron chi connectivity index (χ1n) is 6.55. The minimum atomic E-state index is -3.76. The number of sulfonamides is 1. The molecule has 118 valence electrons. The summed E-state index contributed by atoms with van der Waals surface area (Å²) in [5.41, 5.74) is 1.23. The Hall–Kier alpha value is -2.45. The monoisotopic (exact) mass is 348 g/mol. The van der Waals surface area contributed by atoms with E-state index >= 15 is 0 Å². The van der Waals surface area contributed by atoms with E-state index in [1.54, 1.807) is 6.07 Å². The van der Waals surface area contributed by atoms with Crippen LogP contribution in [0.2, 0.25) is 0 Å². The third-order valence-corrected chi connectivity index (χ3v) is 6.02. The number of pyridine rings is 1. The van der Waals surface area contributed by atoms with E-state index in [0.717, 1.165) is 14.5 Å². The lowest BCUT2D eigenvalue weighted by Gasteiger charge is -2.19. The quantitative estimate of drug-likeness (QED) is 0.783. The van der Waals surface area contributed by atoms with Crippen LogP contribution in [0.15, 0.2) is 52.9 Å². The van der Waals surface area contributed by atoms with Crippen molar-refractivity contribution in [3.8, 4) is 0 Å². The zero-order valence-corrected chi connectivity index (χ0v) is 13.6. The van der Waals surface area contributed by atoms with E-state index in [1.807, 2.05) is 11.4 Å². The Morgan fingerprint density at radius 1 is 1.22 bits per heavy atom. The van der Waals surface area contributed by atoms with Crippen LogP contribution in [0.25, 0.3) is 10.2 Å². The van der Waals surface area contributed by atoms with Crippen molar-refractivity contribution in [3.05, 3.63) is 53.5 Å². The van der Waals surface area contributed by atoms with Gasteiger partial charge < -0.3 is 5.11 Å². The zero-order valence-electron chi connectivity index (χ0n) is 12.0. The molecule has 1 N–H and O–H groups in total. The summed E-state index contributed by atoms with van der Waals surface area (Å²) in [6.07, 6.45) is 1.33. The van der Waals surface area contributed by atoms with Gasteiger partial charge in [0.1, 0.15) is 4.90 Å². The Morgan fingerprint density at radius 2 is 1.91 bits per heavy atom. The van der Waals surface area contributed by atoms with Gasteiger partial charge in [0.15, 0.2) is 0 Å². The Labute approximate surface area is 136 Å². The number of carbonyl (C=O) groups is 1. The van der Waals surface area contributed by atoms with E-state index in [0.29, 0.717) is 5.69 Å². The molecule has 0 saturated heterocycles. The highest BCUT2D eigenvalue weighted by Gasteiger charge is 2.22. The number of fused-ring (bicyclic) bond motifs is 1. The van der Waals surface area contributed by atoms with Gasteiger partial charge in [0.05, 0.1) is 21.5 Å². The Bertz CT molecular complexity index is 978. The molecule has 0 unspecified atom stereocenters. The molecule has 3 rings (SSSR count). The molecule has 0 aliphatic heterocycles. The molecule has 0 saturated carbocycles. The zero-order chi connectivity index (χ0) is 16.6. The number of carboxylic acids is 1. The summed E-state index contributed by atoms with van der Waals surface area (Å²) in [6, 6.07) is 9.06. The minimum Gasteiger partial charge on any atom is -0.478 e. The van der Waals surface area contributed by atoms with E-state index in [-0.39, 0.29) is 10.5 Å². The number of rotatable bonds is 4. The summed E-state index contributed by atoms with van der Waals surface area (Å²) in [5.74, 6) is -1.06. The largest absolute Gasteiger partial charge is 0.478 e. The number of aromatic carboxylic acids is 1. The van der Waals surface area contributed by atoms with Crippen LogP contribution >= 0.6 is 11.3 Å². The van der Waals surface area contributed by atoms with Crippen molar-refractivity contribution in [1.82, 2.24) is 4.98 Å². The van der Waals surface area contributed by atoms with E-state index in [9.17, 15) is 13.2 Å². The van der Waals surface area contributed by atoms with Crippen molar-refractivity contribution in [2.75, 3.05) is 11.4 Å². The van der Waals surface area contributed by atoms with Gasteiger partial charge in [-0.3, -0.25) is 9.29 Å². The highest BCUT2D eigenvalue weighted by Crippen LogP contribution is 2.26. The van der Waals surface area contributed by atoms with Gasteiger partial charge in [0.25, 0.3) is 10.0 Å². The Kier molecular flexibility index (Phi) is 3.78. The van der Waals surface area contributed by atoms with E-state index in [1.165, 1.54) is 48.8 Å². The van der Waals surface area contributed by atoms with Gasteiger partial charge in [-0.05, 0) is 41.8 Å². The van der Waals surface area contributed by atoms with E-state index in [2.05, 4.69) is 4.98 Å². The van der Waals surface area contributed by atoms with Crippen LogP contribution in [0.1, 0.15) is 10.4 Å². The number of carboxylic acid groups (broad SMARTS) is 1. The lowest BCUT2D eigenvalue weighted by molar-refractivity contribution is 0.0697. The number of nitrogens with zero attached hydrogens (tertiary/aromatic N) is 2. The Balaban J connectivity index is 1.98. The highest BCUT2D eigenvalue weighted by molar-refractivity contribution is 7.92. The maximum atomic E-state index is 12.7. The molecule has 3 aromatic rings. The number of thiophene rings is 1. The van der Waals surface area contributed by atoms with Crippen LogP contribution in [0.4, 0.5) is 5.69 Å². The fraction of sp³-hybridized carbons (Fsp3) is 0.0667. The Morgan fingerprint density at radius 3 is 2.57 bits per heavy atom. The molecule has 0 fully saturated rings. The second kappa shape index (κ2) is 5.64. The maximum Gasteiger partial charge on any atom is 0.335 e. The topological polar surface area (TPSA) is 87.6 Å². The first kappa shape index (κ1) is 15.4. The number of hydrogen-bond donors (Lipinski definition) is 1. The lowest BCUT2D eigenvalue weighted by atomic mass is 10.2. The van der Waals surface area contributed by atoms with Gasteiger partial charge in [-0.1, -0.05) is 0 Å². The summed E-state index contributed by atoms with van der Waals surface area (Å²) >= 11 is 1.42. The van der Waals surface area contributed by atoms with Crippen molar-refractivity contribution in [1.29, 1.82) is 0 Å². The minimum absolute atomic E-state index is 0.0947. The molecule has 0 aliphatic carbocycles. The normalized spacial score (nSPS) is 11.5. The molecule has 2 heterocycles. The van der Waals surface area contributed by atoms with Crippen molar-refractivity contribution in [3.63, 3.8) is 0 Å². The van der Waals surface area contributed by atoms with Crippen LogP contribution < -0.4 is 4.31 Å². The molecular formula is C15H12N2O4S2. The van der Waals surface area contributed by atoms with Crippen molar-refractivity contribution in [2.24, 2.45) is 0 Å². The fourth-order valence-electron chi connectivity index (χ4n) is 2.08. The number of aromatic nitrogens is 1. The molecule has 0 aliphatic rings. The predicted octanol–water partition coefficient (Wildman–Crippen LogP) is 2.82. The van der Waals surface area contributed by atoms with Crippen molar-refractivity contribution in [2.45, 2.75) is 4.90 Å². The predicted molar refractivity (Wildman–Crippen MR) is 88.6 cm³/mol.